The van der Waals surface area contributed by atoms with Crippen molar-refractivity contribution in [2.45, 2.75) is 24.9 Å². The average molecular weight is 342 g/mol. The summed E-state index contributed by atoms with van der Waals surface area (Å²) in [7, 11) is 0. The lowest BCUT2D eigenvalue weighted by atomic mass is 10.2. The molecule has 2 aromatic heterocycles. The molecule has 8 heteroatoms. The van der Waals surface area contributed by atoms with Crippen molar-refractivity contribution in [2.24, 2.45) is 11.5 Å². The maximum atomic E-state index is 10.3. The van der Waals surface area contributed by atoms with Gasteiger partial charge in [-0.15, -0.1) is 22.7 Å². The molecule has 0 aliphatic heterocycles. The second-order valence-electron chi connectivity index (χ2n) is 4.46. The molecular weight excluding hydrogens is 324 g/mol. The van der Waals surface area contributed by atoms with Crippen LogP contribution in [0.1, 0.15) is 9.75 Å². The number of hydrogen-bond acceptors (Lipinski definition) is 6. The molecule has 0 aliphatic carbocycles. The fourth-order valence-corrected chi connectivity index (χ4v) is 3.00. The van der Waals surface area contributed by atoms with Gasteiger partial charge in [0, 0.05) is 22.6 Å². The van der Waals surface area contributed by atoms with Crippen molar-refractivity contribution in [3.05, 3.63) is 44.8 Å². The smallest absolute Gasteiger partial charge is 0.320 e. The van der Waals surface area contributed by atoms with E-state index in [2.05, 4.69) is 0 Å². The molecule has 6 N–H and O–H groups in total. The van der Waals surface area contributed by atoms with Gasteiger partial charge in [-0.1, -0.05) is 12.1 Å². The van der Waals surface area contributed by atoms with Gasteiger partial charge in [-0.3, -0.25) is 9.59 Å². The van der Waals surface area contributed by atoms with Crippen LogP contribution in [0, 0.1) is 0 Å². The van der Waals surface area contributed by atoms with Crippen LogP contribution in [0.3, 0.4) is 0 Å². The molecular formula is C14H18N2O4S2. The van der Waals surface area contributed by atoms with Gasteiger partial charge in [0.05, 0.1) is 0 Å². The number of hydrogen-bond donors (Lipinski definition) is 4. The average Bonchev–Trinajstić information content (AvgIpc) is 3.12. The molecule has 120 valence electrons. The highest BCUT2D eigenvalue weighted by atomic mass is 32.1. The number of aliphatic carboxylic acids is 2. The van der Waals surface area contributed by atoms with Crippen molar-refractivity contribution in [1.82, 2.24) is 0 Å². The standard InChI is InChI=1S/2C7H9NO2S/c2*8-6(7(9)10)4-5-2-1-3-11-5/h2*1-3,6H,4,8H2,(H,9,10)/t2*6-/m00/s1. The summed E-state index contributed by atoms with van der Waals surface area (Å²) in [6.07, 6.45) is 0.847. The lowest BCUT2D eigenvalue weighted by molar-refractivity contribution is -0.139. The SMILES string of the molecule is N[C@@H](Cc1cccs1)C(=O)O.N[C@@H](Cc1cccs1)C(=O)O. The largest absolute Gasteiger partial charge is 0.480 e. The van der Waals surface area contributed by atoms with Gasteiger partial charge in [-0.2, -0.15) is 0 Å². The zero-order chi connectivity index (χ0) is 16.5. The third-order valence-corrected chi connectivity index (χ3v) is 4.43. The summed E-state index contributed by atoms with van der Waals surface area (Å²) >= 11 is 3.05. The quantitative estimate of drug-likeness (QED) is 0.628. The van der Waals surface area contributed by atoms with E-state index in [1.807, 2.05) is 35.0 Å². The Bertz CT molecular complexity index is 517. The molecule has 0 amide bonds. The Morgan fingerprint density at radius 3 is 1.50 bits per heavy atom. The Labute approximate surface area is 136 Å². The molecule has 2 heterocycles. The van der Waals surface area contributed by atoms with Gasteiger partial charge in [0.15, 0.2) is 0 Å². The Hall–Kier alpha value is -1.74. The summed E-state index contributed by atoms with van der Waals surface area (Å²) in [4.78, 5) is 22.6. The summed E-state index contributed by atoms with van der Waals surface area (Å²) in [6, 6.07) is 5.99. The highest BCUT2D eigenvalue weighted by Crippen LogP contribution is 2.10. The first kappa shape index (κ1) is 18.3. The minimum atomic E-state index is -0.946. The zero-order valence-corrected chi connectivity index (χ0v) is 13.3. The molecule has 0 bridgehead atoms. The van der Waals surface area contributed by atoms with E-state index >= 15 is 0 Å². The summed E-state index contributed by atoms with van der Waals surface area (Å²) in [5, 5.41) is 20.7. The molecule has 22 heavy (non-hydrogen) atoms. The van der Waals surface area contributed by atoms with Crippen molar-refractivity contribution in [2.75, 3.05) is 0 Å². The van der Waals surface area contributed by atoms with Gasteiger partial charge in [0.1, 0.15) is 12.1 Å². The first-order chi connectivity index (χ1) is 10.4. The monoisotopic (exact) mass is 342 g/mol. The van der Waals surface area contributed by atoms with Crippen molar-refractivity contribution in [3.8, 4) is 0 Å². The molecule has 2 aromatic rings. The molecule has 2 atom stereocenters. The Balaban J connectivity index is 0.000000220. The number of nitrogens with two attached hydrogens (primary N) is 2. The normalized spacial score (nSPS) is 12.8. The maximum absolute atomic E-state index is 10.3. The van der Waals surface area contributed by atoms with Crippen molar-refractivity contribution >= 4 is 34.6 Å². The summed E-state index contributed by atoms with van der Waals surface area (Å²) in [5.41, 5.74) is 10.6. The van der Waals surface area contributed by atoms with E-state index in [4.69, 9.17) is 21.7 Å². The Morgan fingerprint density at radius 2 is 1.27 bits per heavy atom. The predicted molar refractivity (Wildman–Crippen MR) is 87.3 cm³/mol. The van der Waals surface area contributed by atoms with E-state index in [1.165, 1.54) is 22.7 Å². The van der Waals surface area contributed by atoms with E-state index in [1.54, 1.807) is 0 Å². The lowest BCUT2D eigenvalue weighted by Crippen LogP contribution is -2.31. The molecule has 0 saturated carbocycles. The molecule has 0 saturated heterocycles. The second kappa shape index (κ2) is 9.31. The highest BCUT2D eigenvalue weighted by Gasteiger charge is 2.12. The zero-order valence-electron chi connectivity index (χ0n) is 11.7. The van der Waals surface area contributed by atoms with Gasteiger partial charge in [-0.25, -0.2) is 0 Å². The van der Waals surface area contributed by atoms with Crippen LogP contribution < -0.4 is 11.5 Å². The topological polar surface area (TPSA) is 127 Å². The van der Waals surface area contributed by atoms with E-state index in [0.717, 1.165) is 9.75 Å². The molecule has 2 rings (SSSR count). The second-order valence-corrected chi connectivity index (χ2v) is 6.52. The van der Waals surface area contributed by atoms with Gasteiger partial charge in [0.2, 0.25) is 0 Å². The molecule has 6 nitrogen and oxygen atoms in total. The number of carboxylic acids is 2. The third-order valence-electron chi connectivity index (χ3n) is 2.64. The van der Waals surface area contributed by atoms with Crippen molar-refractivity contribution in [3.63, 3.8) is 0 Å². The van der Waals surface area contributed by atoms with Crippen LogP contribution >= 0.6 is 22.7 Å². The van der Waals surface area contributed by atoms with Crippen LogP contribution in [0.25, 0.3) is 0 Å². The third kappa shape index (κ3) is 6.81. The highest BCUT2D eigenvalue weighted by molar-refractivity contribution is 7.10. The lowest BCUT2D eigenvalue weighted by Gasteiger charge is -2.02. The Kier molecular flexibility index (Phi) is 7.75. The summed E-state index contributed by atoms with van der Waals surface area (Å²) in [6.45, 7) is 0. The number of carboxylic acid groups (broad SMARTS) is 2. The van der Waals surface area contributed by atoms with Crippen LogP contribution in [0.5, 0.6) is 0 Å². The van der Waals surface area contributed by atoms with Gasteiger partial charge in [0.25, 0.3) is 0 Å². The van der Waals surface area contributed by atoms with E-state index in [9.17, 15) is 9.59 Å². The van der Waals surface area contributed by atoms with Crippen molar-refractivity contribution < 1.29 is 19.8 Å². The van der Waals surface area contributed by atoms with Gasteiger partial charge < -0.3 is 21.7 Å². The Morgan fingerprint density at radius 1 is 0.909 bits per heavy atom. The summed E-state index contributed by atoms with van der Waals surface area (Å²) in [5.74, 6) is -1.89. The predicted octanol–water partition coefficient (Wildman–Crippen LogP) is 1.40. The van der Waals surface area contributed by atoms with E-state index < -0.39 is 24.0 Å². The van der Waals surface area contributed by atoms with Crippen LogP contribution in [0.2, 0.25) is 0 Å². The molecule has 0 unspecified atom stereocenters. The van der Waals surface area contributed by atoms with Gasteiger partial charge in [-0.05, 0) is 22.9 Å². The van der Waals surface area contributed by atoms with Crippen molar-refractivity contribution in [1.29, 1.82) is 0 Å². The minimum absolute atomic E-state index is 0.424. The van der Waals surface area contributed by atoms with E-state index in [0.29, 0.717) is 12.8 Å². The molecule has 0 radical (unpaired) electrons. The number of carbonyl (C=O) groups is 2. The number of rotatable bonds is 6. The summed E-state index contributed by atoms with van der Waals surface area (Å²) < 4.78 is 0. The minimum Gasteiger partial charge on any atom is -0.480 e. The van der Waals surface area contributed by atoms with E-state index in [-0.39, 0.29) is 0 Å². The molecule has 0 spiro atoms. The molecule has 0 fully saturated rings. The van der Waals surface area contributed by atoms with Crippen LogP contribution in [0.15, 0.2) is 35.0 Å². The maximum Gasteiger partial charge on any atom is 0.320 e. The number of thiophene rings is 2. The molecule has 0 aromatic carbocycles. The first-order valence-corrected chi connectivity index (χ1v) is 8.17. The first-order valence-electron chi connectivity index (χ1n) is 6.41. The van der Waals surface area contributed by atoms with Crippen LogP contribution in [-0.2, 0) is 22.4 Å². The van der Waals surface area contributed by atoms with Gasteiger partial charge >= 0.3 is 11.9 Å². The van der Waals surface area contributed by atoms with Crippen LogP contribution in [0.4, 0.5) is 0 Å². The fourth-order valence-electron chi connectivity index (χ4n) is 1.47. The fraction of sp³-hybridized carbons (Fsp3) is 0.286. The van der Waals surface area contributed by atoms with Crippen LogP contribution in [-0.4, -0.2) is 34.2 Å². The molecule has 0 aliphatic rings.